The van der Waals surface area contributed by atoms with Crippen LogP contribution in [0.2, 0.25) is 0 Å². The van der Waals surface area contributed by atoms with Crippen molar-refractivity contribution in [3.8, 4) is 5.75 Å². The first-order valence-electron chi connectivity index (χ1n) is 11.8. The number of hydrogen-bond acceptors (Lipinski definition) is 5. The van der Waals surface area contributed by atoms with Crippen LogP contribution in [-0.4, -0.2) is 49.7 Å². The molecule has 1 aromatic heterocycles. The first kappa shape index (κ1) is 22.7. The summed E-state index contributed by atoms with van der Waals surface area (Å²) in [5.74, 6) is 1.20. The van der Waals surface area contributed by atoms with Crippen molar-refractivity contribution in [2.24, 2.45) is 5.92 Å². The van der Waals surface area contributed by atoms with Gasteiger partial charge in [-0.1, -0.05) is 12.1 Å². The lowest BCUT2D eigenvalue weighted by Gasteiger charge is -2.37. The molecule has 1 amide bonds. The maximum absolute atomic E-state index is 12.4. The number of aromatic nitrogens is 1. The number of likely N-dealkylation sites (tertiary alicyclic amines) is 1. The van der Waals surface area contributed by atoms with Gasteiger partial charge in [-0.25, -0.2) is 0 Å². The Bertz CT molecular complexity index is 903. The van der Waals surface area contributed by atoms with E-state index >= 15 is 0 Å². The van der Waals surface area contributed by atoms with Crippen molar-refractivity contribution in [3.63, 3.8) is 0 Å². The molecule has 2 heterocycles. The Morgan fingerprint density at radius 2 is 2.00 bits per heavy atom. The van der Waals surface area contributed by atoms with Gasteiger partial charge in [-0.05, 0) is 80.3 Å². The Labute approximate surface area is 191 Å². The minimum Gasteiger partial charge on any atom is -0.496 e. The maximum Gasteiger partial charge on any atom is 0.246 e. The fraction of sp³-hybridized carbons (Fsp3) is 0.538. The zero-order valence-corrected chi connectivity index (χ0v) is 19.3. The van der Waals surface area contributed by atoms with Gasteiger partial charge in [-0.3, -0.25) is 14.7 Å². The molecule has 0 spiro atoms. The van der Waals surface area contributed by atoms with Gasteiger partial charge in [0, 0.05) is 32.0 Å². The zero-order valence-electron chi connectivity index (χ0n) is 19.3. The van der Waals surface area contributed by atoms with Gasteiger partial charge in [0.1, 0.15) is 12.4 Å². The quantitative estimate of drug-likeness (QED) is 0.683. The number of carbonyl (C=O) groups is 1. The fourth-order valence-electron chi connectivity index (χ4n) is 5.22. The molecule has 1 aromatic carbocycles. The highest BCUT2D eigenvalue weighted by Crippen LogP contribution is 2.33. The number of rotatable bonds is 8. The second-order valence-corrected chi connectivity index (χ2v) is 9.01. The molecule has 1 aliphatic heterocycles. The first-order chi connectivity index (χ1) is 15.7. The van der Waals surface area contributed by atoms with Gasteiger partial charge in [0.2, 0.25) is 5.91 Å². The minimum atomic E-state index is -0.118. The third kappa shape index (κ3) is 5.48. The van der Waals surface area contributed by atoms with E-state index in [-0.39, 0.29) is 18.6 Å². The van der Waals surface area contributed by atoms with Crippen molar-refractivity contribution in [3.05, 3.63) is 58.9 Å². The Morgan fingerprint density at radius 1 is 1.19 bits per heavy atom. The number of piperidine rings is 1. The number of ether oxygens (including phenoxy) is 2. The van der Waals surface area contributed by atoms with Gasteiger partial charge in [-0.15, -0.1) is 0 Å². The summed E-state index contributed by atoms with van der Waals surface area (Å²) >= 11 is 0. The molecule has 0 unspecified atom stereocenters. The topological polar surface area (TPSA) is 63.7 Å². The Hall–Kier alpha value is -2.44. The SMILES string of the molecule is COCC(=O)N[C@H](c1ccccn1)[C@H]1CCCN(Cc2cc3c(cc2OC)CCCC3)C1. The van der Waals surface area contributed by atoms with Crippen LogP contribution in [-0.2, 0) is 28.9 Å². The number of nitrogens with one attached hydrogen (secondary N) is 1. The van der Waals surface area contributed by atoms with E-state index < -0.39 is 0 Å². The van der Waals surface area contributed by atoms with Crippen molar-refractivity contribution in [2.75, 3.05) is 33.9 Å². The lowest BCUT2D eigenvalue weighted by Crippen LogP contribution is -2.43. The molecule has 1 N–H and O–H groups in total. The first-order valence-corrected chi connectivity index (χ1v) is 11.8. The molecular formula is C26H35N3O3. The van der Waals surface area contributed by atoms with Crippen LogP contribution in [0, 0.1) is 5.92 Å². The average molecular weight is 438 g/mol. The van der Waals surface area contributed by atoms with Crippen molar-refractivity contribution >= 4 is 5.91 Å². The molecule has 2 atom stereocenters. The molecule has 0 saturated carbocycles. The van der Waals surface area contributed by atoms with Crippen LogP contribution >= 0.6 is 0 Å². The highest BCUT2D eigenvalue weighted by atomic mass is 16.5. The maximum atomic E-state index is 12.4. The van der Waals surface area contributed by atoms with Gasteiger partial charge in [0.25, 0.3) is 0 Å². The lowest BCUT2D eigenvalue weighted by molar-refractivity contribution is -0.126. The van der Waals surface area contributed by atoms with Crippen LogP contribution in [0.25, 0.3) is 0 Å². The number of fused-ring (bicyclic) bond motifs is 1. The number of hydrogen-bond donors (Lipinski definition) is 1. The summed E-state index contributed by atoms with van der Waals surface area (Å²) in [6.45, 7) is 2.90. The van der Waals surface area contributed by atoms with Gasteiger partial charge in [-0.2, -0.15) is 0 Å². The summed E-state index contributed by atoms with van der Waals surface area (Å²) in [6, 6.07) is 10.4. The van der Waals surface area contributed by atoms with E-state index in [1.54, 1.807) is 20.4 Å². The van der Waals surface area contributed by atoms with Crippen molar-refractivity contribution in [1.29, 1.82) is 0 Å². The molecule has 6 heteroatoms. The second-order valence-electron chi connectivity index (χ2n) is 9.01. The van der Waals surface area contributed by atoms with Gasteiger partial charge < -0.3 is 14.8 Å². The Balaban J connectivity index is 1.51. The van der Waals surface area contributed by atoms with Crippen LogP contribution < -0.4 is 10.1 Å². The summed E-state index contributed by atoms with van der Waals surface area (Å²) in [5.41, 5.74) is 5.12. The summed E-state index contributed by atoms with van der Waals surface area (Å²) in [5, 5.41) is 3.17. The normalized spacial score (nSPS) is 19.8. The Morgan fingerprint density at radius 3 is 2.72 bits per heavy atom. The molecule has 2 aliphatic rings. The third-order valence-corrected chi connectivity index (χ3v) is 6.75. The van der Waals surface area contributed by atoms with Gasteiger partial charge in [0.15, 0.2) is 0 Å². The number of pyridine rings is 1. The molecule has 0 bridgehead atoms. The van der Waals surface area contributed by atoms with Crippen LogP contribution in [0.4, 0.5) is 0 Å². The predicted octanol–water partition coefficient (Wildman–Crippen LogP) is 3.68. The number of aryl methyl sites for hydroxylation is 2. The van der Waals surface area contributed by atoms with Crippen molar-refractivity contribution in [1.82, 2.24) is 15.2 Å². The number of amides is 1. The monoisotopic (exact) mass is 437 g/mol. The molecule has 172 valence electrons. The van der Waals surface area contributed by atoms with Crippen molar-refractivity contribution < 1.29 is 14.3 Å². The highest BCUT2D eigenvalue weighted by Gasteiger charge is 2.31. The van der Waals surface area contributed by atoms with Crippen LogP contribution in [0.15, 0.2) is 36.5 Å². The van der Waals surface area contributed by atoms with E-state index in [4.69, 9.17) is 9.47 Å². The second kappa shape index (κ2) is 10.9. The van der Waals surface area contributed by atoms with E-state index in [0.29, 0.717) is 5.92 Å². The molecule has 6 nitrogen and oxygen atoms in total. The van der Waals surface area contributed by atoms with Gasteiger partial charge >= 0.3 is 0 Å². The number of nitrogens with zero attached hydrogens (tertiary/aromatic N) is 2. The van der Waals surface area contributed by atoms with Crippen LogP contribution in [0.5, 0.6) is 5.75 Å². The molecule has 32 heavy (non-hydrogen) atoms. The molecule has 0 radical (unpaired) electrons. The average Bonchev–Trinajstić information content (AvgIpc) is 2.83. The van der Waals surface area contributed by atoms with E-state index in [9.17, 15) is 4.79 Å². The van der Waals surface area contributed by atoms with E-state index in [1.807, 2.05) is 18.2 Å². The van der Waals surface area contributed by atoms with E-state index in [2.05, 4.69) is 27.3 Å². The minimum absolute atomic E-state index is 0.0616. The summed E-state index contributed by atoms with van der Waals surface area (Å²) in [4.78, 5) is 19.4. The van der Waals surface area contributed by atoms with Crippen LogP contribution in [0.3, 0.4) is 0 Å². The molecule has 1 fully saturated rings. The number of benzene rings is 1. The smallest absolute Gasteiger partial charge is 0.246 e. The number of methoxy groups -OCH3 is 2. The largest absolute Gasteiger partial charge is 0.496 e. The highest BCUT2D eigenvalue weighted by molar-refractivity contribution is 5.77. The third-order valence-electron chi connectivity index (χ3n) is 6.75. The molecule has 2 aromatic rings. The van der Waals surface area contributed by atoms with Gasteiger partial charge in [0.05, 0.1) is 18.8 Å². The summed E-state index contributed by atoms with van der Waals surface area (Å²) in [6.07, 6.45) is 8.83. The standard InChI is InChI=1S/C26H35N3O3/c1-31-18-25(30)28-26(23-11-5-6-12-27-23)21-10-7-13-29(16-21)17-22-14-19-8-3-4-9-20(19)15-24(22)32-2/h5-6,11-12,14-15,21,26H,3-4,7-10,13,16-18H2,1-2H3,(H,28,30)/t21-,26-/m0/s1. The molecule has 1 aliphatic carbocycles. The summed E-state index contributed by atoms with van der Waals surface area (Å²) in [7, 11) is 3.32. The molecular weight excluding hydrogens is 402 g/mol. The Kier molecular flexibility index (Phi) is 7.76. The number of carbonyl (C=O) groups excluding carboxylic acids is 1. The lowest BCUT2D eigenvalue weighted by atomic mass is 9.87. The van der Waals surface area contributed by atoms with Crippen LogP contribution in [0.1, 0.15) is 54.1 Å². The molecule has 1 saturated heterocycles. The van der Waals surface area contributed by atoms with E-state index in [0.717, 1.165) is 50.3 Å². The predicted molar refractivity (Wildman–Crippen MR) is 125 cm³/mol. The zero-order chi connectivity index (χ0) is 22.3. The van der Waals surface area contributed by atoms with E-state index in [1.165, 1.54) is 36.0 Å². The van der Waals surface area contributed by atoms with Crippen molar-refractivity contribution in [2.45, 2.75) is 51.1 Å². The molecule has 4 rings (SSSR count). The fourth-order valence-corrected chi connectivity index (χ4v) is 5.22. The summed E-state index contributed by atoms with van der Waals surface area (Å²) < 4.78 is 10.8.